The van der Waals surface area contributed by atoms with Crippen molar-refractivity contribution in [2.24, 2.45) is 0 Å². The summed E-state index contributed by atoms with van der Waals surface area (Å²) in [6.07, 6.45) is 1.93. The highest BCUT2D eigenvalue weighted by Crippen LogP contribution is 2.33. The first-order valence-corrected chi connectivity index (χ1v) is 6.80. The minimum Gasteiger partial charge on any atom is -0.391 e. The molecular weight excluding hydrogens is 254 g/mol. The summed E-state index contributed by atoms with van der Waals surface area (Å²) < 4.78 is 0. The van der Waals surface area contributed by atoms with Crippen LogP contribution in [0.3, 0.4) is 0 Å². The van der Waals surface area contributed by atoms with Crippen LogP contribution in [0, 0.1) is 0 Å². The van der Waals surface area contributed by atoms with Crippen molar-refractivity contribution in [3.05, 3.63) is 39.9 Å². The highest BCUT2D eigenvalue weighted by atomic mass is 35.5. The van der Waals surface area contributed by atoms with Crippen molar-refractivity contribution < 1.29 is 5.11 Å². The molecule has 1 aromatic heterocycles. The van der Waals surface area contributed by atoms with E-state index in [-0.39, 0.29) is 6.61 Å². The van der Waals surface area contributed by atoms with E-state index in [4.69, 9.17) is 11.6 Å². The van der Waals surface area contributed by atoms with Gasteiger partial charge in [-0.05, 0) is 12.5 Å². The predicted octanol–water partition coefficient (Wildman–Crippen LogP) is 3.91. The summed E-state index contributed by atoms with van der Waals surface area (Å²) in [6, 6.07) is 7.66. The second-order valence-corrected chi connectivity index (χ2v) is 5.27. The molecule has 0 saturated heterocycles. The van der Waals surface area contributed by atoms with Crippen LogP contribution in [0.15, 0.2) is 24.3 Å². The first kappa shape index (κ1) is 12.6. The number of aromatic nitrogens is 1. The lowest BCUT2D eigenvalue weighted by Crippen LogP contribution is -1.89. The summed E-state index contributed by atoms with van der Waals surface area (Å²) >= 11 is 7.67. The van der Waals surface area contributed by atoms with Gasteiger partial charge in [-0.1, -0.05) is 43.1 Å². The summed E-state index contributed by atoms with van der Waals surface area (Å²) in [5, 5.41) is 10.9. The number of nitrogens with zero attached hydrogens (tertiary/aromatic N) is 1. The molecule has 0 radical (unpaired) electrons. The molecule has 90 valence electrons. The summed E-state index contributed by atoms with van der Waals surface area (Å²) in [5.41, 5.74) is 1.94. The average Bonchev–Trinajstić information content (AvgIpc) is 2.73. The number of hydrogen-bond donors (Lipinski definition) is 1. The van der Waals surface area contributed by atoms with E-state index in [9.17, 15) is 5.11 Å². The molecule has 0 bridgehead atoms. The summed E-state index contributed by atoms with van der Waals surface area (Å²) in [6.45, 7) is 2.16. The Morgan fingerprint density at radius 1 is 1.35 bits per heavy atom. The lowest BCUT2D eigenvalue weighted by atomic mass is 10.2. The molecule has 0 aliphatic carbocycles. The van der Waals surface area contributed by atoms with Crippen molar-refractivity contribution in [3.63, 3.8) is 0 Å². The van der Waals surface area contributed by atoms with Gasteiger partial charge in [0.1, 0.15) is 5.01 Å². The van der Waals surface area contributed by atoms with Crippen LogP contribution < -0.4 is 0 Å². The Labute approximate surface area is 110 Å². The van der Waals surface area contributed by atoms with Gasteiger partial charge in [0, 0.05) is 5.56 Å². The third-order valence-electron chi connectivity index (χ3n) is 2.51. The van der Waals surface area contributed by atoms with E-state index in [2.05, 4.69) is 11.9 Å². The molecule has 17 heavy (non-hydrogen) atoms. The van der Waals surface area contributed by atoms with E-state index < -0.39 is 0 Å². The summed E-state index contributed by atoms with van der Waals surface area (Å²) in [4.78, 5) is 5.52. The third-order valence-corrected chi connectivity index (χ3v) is 3.96. The number of rotatable bonds is 4. The largest absolute Gasteiger partial charge is 0.391 e. The van der Waals surface area contributed by atoms with E-state index in [0.29, 0.717) is 5.02 Å². The Balaban J connectivity index is 2.43. The topological polar surface area (TPSA) is 33.1 Å². The molecule has 0 spiro atoms. The zero-order valence-corrected chi connectivity index (χ0v) is 11.2. The van der Waals surface area contributed by atoms with Crippen LogP contribution in [-0.2, 0) is 13.0 Å². The molecule has 4 heteroatoms. The van der Waals surface area contributed by atoms with Gasteiger partial charge in [-0.2, -0.15) is 0 Å². The number of aryl methyl sites for hydroxylation is 1. The molecule has 1 N–H and O–H groups in total. The van der Waals surface area contributed by atoms with Crippen molar-refractivity contribution in [3.8, 4) is 10.6 Å². The van der Waals surface area contributed by atoms with E-state index >= 15 is 0 Å². The highest BCUT2D eigenvalue weighted by molar-refractivity contribution is 7.15. The Morgan fingerprint density at radius 2 is 2.12 bits per heavy atom. The monoisotopic (exact) mass is 267 g/mol. The number of aliphatic hydroxyl groups excluding tert-OH is 1. The number of aliphatic hydroxyl groups is 1. The minimum atomic E-state index is 0.0530. The minimum absolute atomic E-state index is 0.0530. The van der Waals surface area contributed by atoms with Gasteiger partial charge in [0.15, 0.2) is 0 Å². The second-order valence-electron chi connectivity index (χ2n) is 3.78. The van der Waals surface area contributed by atoms with Crippen LogP contribution in [-0.4, -0.2) is 10.1 Å². The Morgan fingerprint density at radius 3 is 2.76 bits per heavy atom. The maximum atomic E-state index is 9.31. The average molecular weight is 268 g/mol. The highest BCUT2D eigenvalue weighted by Gasteiger charge is 2.12. The maximum Gasteiger partial charge on any atom is 0.125 e. The number of thiazole rings is 1. The summed E-state index contributed by atoms with van der Waals surface area (Å²) in [5.74, 6) is 0. The molecule has 0 amide bonds. The fourth-order valence-electron chi connectivity index (χ4n) is 1.69. The molecule has 0 fully saturated rings. The normalized spacial score (nSPS) is 10.8. The van der Waals surface area contributed by atoms with Crippen molar-refractivity contribution in [1.82, 2.24) is 4.98 Å². The van der Waals surface area contributed by atoms with Gasteiger partial charge >= 0.3 is 0 Å². The zero-order valence-electron chi connectivity index (χ0n) is 9.61. The van der Waals surface area contributed by atoms with E-state index in [1.807, 2.05) is 24.3 Å². The van der Waals surface area contributed by atoms with Crippen LogP contribution >= 0.6 is 22.9 Å². The van der Waals surface area contributed by atoms with E-state index in [1.54, 1.807) is 0 Å². The summed E-state index contributed by atoms with van der Waals surface area (Å²) in [7, 11) is 0. The first-order chi connectivity index (χ1) is 8.26. The molecule has 1 heterocycles. The molecular formula is C13H14ClNOS. The third kappa shape index (κ3) is 2.68. The van der Waals surface area contributed by atoms with Crippen molar-refractivity contribution in [1.29, 1.82) is 0 Å². The van der Waals surface area contributed by atoms with Crippen molar-refractivity contribution in [2.45, 2.75) is 26.4 Å². The zero-order chi connectivity index (χ0) is 12.3. The number of halogens is 1. The molecule has 2 nitrogen and oxygen atoms in total. The van der Waals surface area contributed by atoms with Crippen LogP contribution in [0.5, 0.6) is 0 Å². The fourth-order valence-corrected chi connectivity index (χ4v) is 2.98. The molecule has 2 aromatic rings. The van der Waals surface area contributed by atoms with Gasteiger partial charge in [-0.15, -0.1) is 11.3 Å². The van der Waals surface area contributed by atoms with Crippen LogP contribution in [0.1, 0.15) is 23.9 Å². The molecule has 0 unspecified atom stereocenters. The van der Waals surface area contributed by atoms with Gasteiger partial charge in [0.2, 0.25) is 0 Å². The Hall–Kier alpha value is -0.900. The van der Waals surface area contributed by atoms with Gasteiger partial charge in [-0.3, -0.25) is 0 Å². The SMILES string of the molecule is CCCc1nc(-c2ccccc2Cl)sc1CO. The first-order valence-electron chi connectivity index (χ1n) is 5.60. The lowest BCUT2D eigenvalue weighted by Gasteiger charge is -1.98. The van der Waals surface area contributed by atoms with Crippen LogP contribution in [0.2, 0.25) is 5.02 Å². The quantitative estimate of drug-likeness (QED) is 0.911. The Kier molecular flexibility index (Phi) is 4.15. The van der Waals surface area contributed by atoms with E-state index in [0.717, 1.165) is 34.0 Å². The Bertz CT molecular complexity index is 510. The van der Waals surface area contributed by atoms with Gasteiger partial charge < -0.3 is 5.11 Å². The number of benzene rings is 1. The smallest absolute Gasteiger partial charge is 0.125 e. The predicted molar refractivity (Wildman–Crippen MR) is 72.5 cm³/mol. The lowest BCUT2D eigenvalue weighted by molar-refractivity contribution is 0.284. The number of hydrogen-bond acceptors (Lipinski definition) is 3. The molecule has 0 aliphatic heterocycles. The standard InChI is InChI=1S/C13H14ClNOS/c1-2-5-11-12(8-16)17-13(15-11)9-6-3-4-7-10(9)14/h3-4,6-7,16H,2,5,8H2,1H3. The fraction of sp³-hybridized carbons (Fsp3) is 0.308. The van der Waals surface area contributed by atoms with Crippen LogP contribution in [0.4, 0.5) is 0 Å². The maximum absolute atomic E-state index is 9.31. The molecule has 0 atom stereocenters. The molecule has 0 aliphatic rings. The molecule has 2 rings (SSSR count). The molecule has 0 saturated carbocycles. The van der Waals surface area contributed by atoms with Crippen LogP contribution in [0.25, 0.3) is 10.6 Å². The van der Waals surface area contributed by atoms with Gasteiger partial charge in [0.25, 0.3) is 0 Å². The molecule has 1 aromatic carbocycles. The van der Waals surface area contributed by atoms with Gasteiger partial charge in [-0.25, -0.2) is 4.98 Å². The van der Waals surface area contributed by atoms with Crippen molar-refractivity contribution >= 4 is 22.9 Å². The van der Waals surface area contributed by atoms with Gasteiger partial charge in [0.05, 0.1) is 22.2 Å². The second kappa shape index (κ2) is 5.63. The van der Waals surface area contributed by atoms with Crippen molar-refractivity contribution in [2.75, 3.05) is 0 Å². The van der Waals surface area contributed by atoms with E-state index in [1.165, 1.54) is 11.3 Å².